The van der Waals surface area contributed by atoms with Gasteiger partial charge in [0.05, 0.1) is 6.04 Å². The van der Waals surface area contributed by atoms with Crippen molar-refractivity contribution in [3.8, 4) is 11.5 Å². The Morgan fingerprint density at radius 3 is 2.43 bits per heavy atom. The third kappa shape index (κ3) is 3.87. The van der Waals surface area contributed by atoms with E-state index in [1.165, 1.54) is 6.92 Å². The maximum atomic E-state index is 12.0. The highest BCUT2D eigenvalue weighted by molar-refractivity contribution is 5.86. The van der Waals surface area contributed by atoms with Crippen LogP contribution in [0.15, 0.2) is 18.2 Å². The molecule has 0 saturated heterocycles. The second-order valence-corrected chi connectivity index (χ2v) is 5.06. The van der Waals surface area contributed by atoms with Crippen LogP contribution in [0.3, 0.4) is 0 Å². The van der Waals surface area contributed by atoms with Crippen LogP contribution in [0, 0.1) is 0 Å². The lowest BCUT2D eigenvalue weighted by Gasteiger charge is -2.22. The van der Waals surface area contributed by atoms with E-state index < -0.39 is 6.04 Å². The number of nitrogens with one attached hydrogen (secondary N) is 2. The zero-order valence-electron chi connectivity index (χ0n) is 12.4. The van der Waals surface area contributed by atoms with Crippen LogP contribution >= 0.6 is 0 Å². The molecule has 6 heteroatoms. The predicted molar refractivity (Wildman–Crippen MR) is 77.3 cm³/mol. The Morgan fingerprint density at radius 2 is 1.76 bits per heavy atom. The summed E-state index contributed by atoms with van der Waals surface area (Å²) in [7, 11) is 0. The van der Waals surface area contributed by atoms with Gasteiger partial charge in [-0.1, -0.05) is 6.07 Å². The first-order valence-corrected chi connectivity index (χ1v) is 6.94. The number of ether oxygens (including phenoxy) is 2. The van der Waals surface area contributed by atoms with Gasteiger partial charge in [0.1, 0.15) is 19.3 Å². The van der Waals surface area contributed by atoms with Gasteiger partial charge in [0.25, 0.3) is 0 Å². The minimum Gasteiger partial charge on any atom is -0.486 e. The van der Waals surface area contributed by atoms with E-state index in [0.717, 1.165) is 11.3 Å². The van der Waals surface area contributed by atoms with Crippen molar-refractivity contribution in [2.45, 2.75) is 32.9 Å². The maximum absolute atomic E-state index is 12.0. The normalized spacial score (nSPS) is 15.8. The van der Waals surface area contributed by atoms with Crippen LogP contribution in [0.5, 0.6) is 11.5 Å². The molecule has 2 N–H and O–H groups in total. The minimum atomic E-state index is -0.567. The summed E-state index contributed by atoms with van der Waals surface area (Å²) in [5.74, 6) is 0.946. The topological polar surface area (TPSA) is 76.7 Å². The van der Waals surface area contributed by atoms with Gasteiger partial charge in [0.2, 0.25) is 11.8 Å². The van der Waals surface area contributed by atoms with E-state index in [9.17, 15) is 9.59 Å². The van der Waals surface area contributed by atoms with Gasteiger partial charge in [-0.3, -0.25) is 9.59 Å². The Morgan fingerprint density at radius 1 is 1.10 bits per heavy atom. The Labute approximate surface area is 123 Å². The highest BCUT2D eigenvalue weighted by Crippen LogP contribution is 2.32. The molecule has 6 nitrogen and oxygen atoms in total. The molecule has 1 aliphatic heterocycles. The summed E-state index contributed by atoms with van der Waals surface area (Å²) in [5.41, 5.74) is 0.919. The fraction of sp³-hybridized carbons (Fsp3) is 0.467. The average molecular weight is 292 g/mol. The second kappa shape index (κ2) is 6.47. The smallest absolute Gasteiger partial charge is 0.242 e. The maximum Gasteiger partial charge on any atom is 0.242 e. The van der Waals surface area contributed by atoms with E-state index in [2.05, 4.69) is 10.6 Å². The summed E-state index contributed by atoms with van der Waals surface area (Å²) in [6.07, 6.45) is 0. The molecule has 0 spiro atoms. The van der Waals surface area contributed by atoms with E-state index in [4.69, 9.17) is 9.47 Å². The van der Waals surface area contributed by atoms with Gasteiger partial charge in [-0.15, -0.1) is 0 Å². The third-order valence-corrected chi connectivity index (χ3v) is 3.24. The van der Waals surface area contributed by atoms with Crippen molar-refractivity contribution in [3.05, 3.63) is 23.8 Å². The number of fused-ring (bicyclic) bond motifs is 1. The van der Waals surface area contributed by atoms with E-state index in [1.54, 1.807) is 6.92 Å². The van der Waals surface area contributed by atoms with Gasteiger partial charge < -0.3 is 20.1 Å². The number of carbonyl (C=O) groups excluding carboxylic acids is 2. The van der Waals surface area contributed by atoms with Crippen LogP contribution in [0.1, 0.15) is 32.4 Å². The van der Waals surface area contributed by atoms with Crippen molar-refractivity contribution in [3.63, 3.8) is 0 Å². The van der Waals surface area contributed by atoms with Gasteiger partial charge >= 0.3 is 0 Å². The molecule has 2 rings (SSSR count). The predicted octanol–water partition coefficient (Wildman–Crippen LogP) is 1.16. The average Bonchev–Trinajstić information content (AvgIpc) is 2.45. The molecule has 0 aliphatic carbocycles. The van der Waals surface area contributed by atoms with Crippen molar-refractivity contribution >= 4 is 11.8 Å². The van der Waals surface area contributed by atoms with E-state index in [-0.39, 0.29) is 17.9 Å². The van der Waals surface area contributed by atoms with Gasteiger partial charge in [0, 0.05) is 6.92 Å². The minimum absolute atomic E-state index is 0.190. The van der Waals surface area contributed by atoms with E-state index in [1.807, 2.05) is 25.1 Å². The molecule has 2 unspecified atom stereocenters. The Hall–Kier alpha value is -2.24. The van der Waals surface area contributed by atoms with Crippen molar-refractivity contribution in [2.75, 3.05) is 13.2 Å². The number of carbonyl (C=O) groups is 2. The number of rotatable bonds is 4. The Bertz CT molecular complexity index is 544. The summed E-state index contributed by atoms with van der Waals surface area (Å²) in [6.45, 7) is 5.98. The molecule has 1 aliphatic rings. The highest BCUT2D eigenvalue weighted by atomic mass is 16.6. The van der Waals surface area contributed by atoms with Crippen LogP contribution in [-0.4, -0.2) is 31.1 Å². The van der Waals surface area contributed by atoms with Crippen molar-refractivity contribution in [2.24, 2.45) is 0 Å². The lowest BCUT2D eigenvalue weighted by molar-refractivity contribution is -0.128. The molecular formula is C15H20N2O4. The molecular weight excluding hydrogens is 272 g/mol. The van der Waals surface area contributed by atoms with E-state index in [0.29, 0.717) is 19.0 Å². The lowest BCUT2D eigenvalue weighted by Crippen LogP contribution is -2.44. The van der Waals surface area contributed by atoms with Crippen molar-refractivity contribution in [1.82, 2.24) is 10.6 Å². The summed E-state index contributed by atoms with van der Waals surface area (Å²) < 4.78 is 11.0. The molecule has 1 aromatic rings. The van der Waals surface area contributed by atoms with Crippen LogP contribution < -0.4 is 20.1 Å². The van der Waals surface area contributed by atoms with Crippen molar-refractivity contribution in [1.29, 1.82) is 0 Å². The quantitative estimate of drug-likeness (QED) is 0.873. The fourth-order valence-corrected chi connectivity index (χ4v) is 2.12. The van der Waals surface area contributed by atoms with Gasteiger partial charge in [0.15, 0.2) is 11.5 Å². The first-order chi connectivity index (χ1) is 9.97. The monoisotopic (exact) mass is 292 g/mol. The standard InChI is InChI=1S/C15H20N2O4/c1-9(17-15(19)10(2)16-11(3)18)12-4-5-13-14(8-12)21-7-6-20-13/h4-5,8-10H,6-7H2,1-3H3,(H,16,18)(H,17,19). The Kier molecular flexibility index (Phi) is 4.67. The number of hydrogen-bond donors (Lipinski definition) is 2. The van der Waals surface area contributed by atoms with Crippen LogP contribution in [0.25, 0.3) is 0 Å². The zero-order valence-corrected chi connectivity index (χ0v) is 12.4. The number of hydrogen-bond acceptors (Lipinski definition) is 4. The second-order valence-electron chi connectivity index (χ2n) is 5.06. The summed E-state index contributed by atoms with van der Waals surface area (Å²) in [6, 6.07) is 4.83. The third-order valence-electron chi connectivity index (χ3n) is 3.24. The highest BCUT2D eigenvalue weighted by Gasteiger charge is 2.19. The molecule has 2 amide bonds. The summed E-state index contributed by atoms with van der Waals surface area (Å²) >= 11 is 0. The van der Waals surface area contributed by atoms with Crippen LogP contribution in [0.4, 0.5) is 0 Å². The molecule has 0 saturated carbocycles. The molecule has 114 valence electrons. The molecule has 1 heterocycles. The first kappa shape index (κ1) is 15.2. The lowest BCUT2D eigenvalue weighted by atomic mass is 10.1. The van der Waals surface area contributed by atoms with Crippen molar-refractivity contribution < 1.29 is 19.1 Å². The molecule has 1 aromatic carbocycles. The van der Waals surface area contributed by atoms with Gasteiger partial charge in [-0.25, -0.2) is 0 Å². The molecule has 0 aromatic heterocycles. The zero-order chi connectivity index (χ0) is 15.4. The van der Waals surface area contributed by atoms with Gasteiger partial charge in [-0.05, 0) is 31.5 Å². The van der Waals surface area contributed by atoms with Gasteiger partial charge in [-0.2, -0.15) is 0 Å². The summed E-state index contributed by atoms with van der Waals surface area (Å²) in [5, 5.41) is 5.41. The van der Waals surface area contributed by atoms with Crippen LogP contribution in [0.2, 0.25) is 0 Å². The molecule has 0 radical (unpaired) electrons. The number of amides is 2. The molecule has 0 fully saturated rings. The van der Waals surface area contributed by atoms with E-state index >= 15 is 0 Å². The fourth-order valence-electron chi connectivity index (χ4n) is 2.12. The van der Waals surface area contributed by atoms with Crippen LogP contribution in [-0.2, 0) is 9.59 Å². The summed E-state index contributed by atoms with van der Waals surface area (Å²) in [4.78, 5) is 22.9. The number of benzene rings is 1. The SMILES string of the molecule is CC(=O)NC(C)C(=O)NC(C)c1ccc2c(c1)OCCO2. The molecule has 2 atom stereocenters. The first-order valence-electron chi connectivity index (χ1n) is 6.94. The molecule has 0 bridgehead atoms. The molecule has 21 heavy (non-hydrogen) atoms. The Balaban J connectivity index is 2.01. The largest absolute Gasteiger partial charge is 0.486 e.